The minimum absolute atomic E-state index is 0.284. The Labute approximate surface area is 121 Å². The summed E-state index contributed by atoms with van der Waals surface area (Å²) in [5.41, 5.74) is 0.911. The molecule has 0 saturated carbocycles. The first-order valence-electron chi connectivity index (χ1n) is 7.32. The van der Waals surface area contributed by atoms with Crippen molar-refractivity contribution in [1.29, 1.82) is 0 Å². The van der Waals surface area contributed by atoms with Crippen molar-refractivity contribution in [3.05, 3.63) is 29.6 Å². The molecule has 0 N–H and O–H groups in total. The van der Waals surface area contributed by atoms with E-state index in [4.69, 9.17) is 4.74 Å². The fourth-order valence-electron chi connectivity index (χ4n) is 3.00. The Balaban J connectivity index is 1.97. The highest BCUT2D eigenvalue weighted by atomic mass is 19.1. The van der Waals surface area contributed by atoms with Gasteiger partial charge in [-0.1, -0.05) is 18.6 Å². The van der Waals surface area contributed by atoms with Crippen LogP contribution in [0.4, 0.5) is 4.39 Å². The summed E-state index contributed by atoms with van der Waals surface area (Å²) in [6.45, 7) is 2.91. The third-order valence-corrected chi connectivity index (χ3v) is 4.14. The van der Waals surface area contributed by atoms with E-state index in [0.717, 1.165) is 12.1 Å². The van der Waals surface area contributed by atoms with Crippen molar-refractivity contribution in [2.24, 2.45) is 0 Å². The van der Waals surface area contributed by atoms with Gasteiger partial charge in [-0.25, -0.2) is 4.39 Å². The number of methoxy groups -OCH3 is 1. The van der Waals surface area contributed by atoms with Crippen molar-refractivity contribution >= 4 is 0 Å². The van der Waals surface area contributed by atoms with Gasteiger partial charge in [0.1, 0.15) is 0 Å². The van der Waals surface area contributed by atoms with Crippen LogP contribution in [0.25, 0.3) is 0 Å². The molecule has 4 heteroatoms. The molecule has 1 aliphatic heterocycles. The summed E-state index contributed by atoms with van der Waals surface area (Å²) in [6, 6.07) is 5.72. The summed E-state index contributed by atoms with van der Waals surface area (Å²) in [5, 5.41) is 0. The summed E-state index contributed by atoms with van der Waals surface area (Å²) >= 11 is 0. The fraction of sp³-hybridized carbons (Fsp3) is 0.625. The lowest BCUT2D eigenvalue weighted by molar-refractivity contribution is 0.138. The maximum atomic E-state index is 13.7. The maximum absolute atomic E-state index is 13.7. The second kappa shape index (κ2) is 7.04. The van der Waals surface area contributed by atoms with Crippen molar-refractivity contribution in [3.63, 3.8) is 0 Å². The number of hydrogen-bond acceptors (Lipinski definition) is 3. The molecular formula is C16H25FN2O. The Morgan fingerprint density at radius 2 is 2.20 bits per heavy atom. The van der Waals surface area contributed by atoms with Crippen LogP contribution in [0, 0.1) is 5.82 Å². The average Bonchev–Trinajstić information content (AvgIpc) is 2.42. The first kappa shape index (κ1) is 15.3. The molecule has 0 spiro atoms. The summed E-state index contributed by atoms with van der Waals surface area (Å²) < 4.78 is 18.8. The molecule has 0 amide bonds. The van der Waals surface area contributed by atoms with Crippen molar-refractivity contribution in [1.82, 2.24) is 9.80 Å². The maximum Gasteiger partial charge on any atom is 0.165 e. The zero-order valence-corrected chi connectivity index (χ0v) is 12.7. The second-order valence-corrected chi connectivity index (χ2v) is 5.76. The van der Waals surface area contributed by atoms with E-state index in [1.165, 1.54) is 39.0 Å². The quantitative estimate of drug-likeness (QED) is 0.825. The molecule has 1 fully saturated rings. The van der Waals surface area contributed by atoms with Gasteiger partial charge in [0.25, 0.3) is 0 Å². The molecule has 112 valence electrons. The lowest BCUT2D eigenvalue weighted by Gasteiger charge is -2.35. The molecule has 1 aliphatic rings. The number of halogens is 1. The zero-order valence-electron chi connectivity index (χ0n) is 12.7. The van der Waals surface area contributed by atoms with Gasteiger partial charge in [0, 0.05) is 24.7 Å². The number of para-hydroxylation sites is 1. The number of ether oxygens (including phenoxy) is 1. The molecule has 20 heavy (non-hydrogen) atoms. The van der Waals surface area contributed by atoms with Gasteiger partial charge >= 0.3 is 0 Å². The Morgan fingerprint density at radius 1 is 1.40 bits per heavy atom. The molecule has 1 atom stereocenters. The number of hydrogen-bond donors (Lipinski definition) is 0. The van der Waals surface area contributed by atoms with Gasteiger partial charge in [0.15, 0.2) is 11.6 Å². The van der Waals surface area contributed by atoms with Gasteiger partial charge in [-0.05, 0) is 39.5 Å². The van der Waals surface area contributed by atoms with Crippen molar-refractivity contribution < 1.29 is 9.13 Å². The number of likely N-dealkylation sites (tertiary alicyclic amines) is 1. The highest BCUT2D eigenvalue weighted by Crippen LogP contribution is 2.24. The minimum Gasteiger partial charge on any atom is -0.493 e. The van der Waals surface area contributed by atoms with Crippen LogP contribution in [0.3, 0.4) is 0 Å². The van der Waals surface area contributed by atoms with Crippen LogP contribution in [0.5, 0.6) is 5.75 Å². The molecule has 1 aromatic carbocycles. The predicted octanol–water partition coefficient (Wildman–Crippen LogP) is 2.75. The first-order chi connectivity index (χ1) is 9.61. The normalized spacial score (nSPS) is 20.4. The monoisotopic (exact) mass is 280 g/mol. The smallest absolute Gasteiger partial charge is 0.165 e. The molecule has 2 rings (SSSR count). The highest BCUT2D eigenvalue weighted by molar-refractivity contribution is 5.34. The lowest BCUT2D eigenvalue weighted by Crippen LogP contribution is -2.43. The topological polar surface area (TPSA) is 15.7 Å². The molecule has 0 unspecified atom stereocenters. The van der Waals surface area contributed by atoms with E-state index >= 15 is 0 Å². The lowest BCUT2D eigenvalue weighted by atomic mass is 10.0. The molecule has 0 aromatic heterocycles. The van der Waals surface area contributed by atoms with E-state index in [1.807, 2.05) is 6.07 Å². The molecular weight excluding hydrogens is 255 g/mol. The Hall–Kier alpha value is -1.13. The van der Waals surface area contributed by atoms with Gasteiger partial charge in [-0.3, -0.25) is 0 Å². The van der Waals surface area contributed by atoms with Crippen molar-refractivity contribution in [2.45, 2.75) is 31.8 Å². The number of benzene rings is 1. The van der Waals surface area contributed by atoms with E-state index in [9.17, 15) is 4.39 Å². The summed E-state index contributed by atoms with van der Waals surface area (Å²) in [5.74, 6) is 0.0875. The van der Waals surface area contributed by atoms with Crippen molar-refractivity contribution in [3.8, 4) is 5.75 Å². The summed E-state index contributed by atoms with van der Waals surface area (Å²) in [6.07, 6.45) is 3.86. The van der Waals surface area contributed by atoms with Crippen LogP contribution >= 0.6 is 0 Å². The fourth-order valence-corrected chi connectivity index (χ4v) is 3.00. The number of rotatable bonds is 5. The Bertz CT molecular complexity index is 438. The molecule has 1 aromatic rings. The van der Waals surface area contributed by atoms with Gasteiger partial charge in [-0.2, -0.15) is 0 Å². The van der Waals surface area contributed by atoms with E-state index in [0.29, 0.717) is 18.3 Å². The van der Waals surface area contributed by atoms with Crippen LogP contribution in [-0.4, -0.2) is 50.1 Å². The molecule has 0 radical (unpaired) electrons. The highest BCUT2D eigenvalue weighted by Gasteiger charge is 2.21. The van der Waals surface area contributed by atoms with E-state index in [1.54, 1.807) is 6.07 Å². The number of nitrogens with zero attached hydrogens (tertiary/aromatic N) is 2. The SMILES string of the molecule is COc1c(F)cccc1CN(C)C[C@H]1CCCCN1C. The van der Waals surface area contributed by atoms with Gasteiger partial charge in [-0.15, -0.1) is 0 Å². The number of piperidine rings is 1. The van der Waals surface area contributed by atoms with Gasteiger partial charge in [0.2, 0.25) is 0 Å². The predicted molar refractivity (Wildman–Crippen MR) is 79.6 cm³/mol. The van der Waals surface area contributed by atoms with Crippen LogP contribution in [0.1, 0.15) is 24.8 Å². The molecule has 1 saturated heterocycles. The molecule has 3 nitrogen and oxygen atoms in total. The van der Waals surface area contributed by atoms with Crippen LogP contribution in [-0.2, 0) is 6.54 Å². The third-order valence-electron chi connectivity index (χ3n) is 4.14. The van der Waals surface area contributed by atoms with Crippen molar-refractivity contribution in [2.75, 3.05) is 34.3 Å². The minimum atomic E-state index is -0.284. The van der Waals surface area contributed by atoms with Crippen LogP contribution in [0.2, 0.25) is 0 Å². The Kier molecular flexibility index (Phi) is 5.38. The third kappa shape index (κ3) is 3.70. The van der Waals surface area contributed by atoms with Gasteiger partial charge in [0.05, 0.1) is 7.11 Å². The van der Waals surface area contributed by atoms with E-state index in [2.05, 4.69) is 23.9 Å². The van der Waals surface area contributed by atoms with E-state index < -0.39 is 0 Å². The largest absolute Gasteiger partial charge is 0.493 e. The standard InChI is InChI=1S/C16H25FN2O/c1-18(12-14-8-4-5-10-19(14)2)11-13-7-6-9-15(17)16(13)20-3/h6-7,9,14H,4-5,8,10-12H2,1-3H3/t14-/m1/s1. The summed E-state index contributed by atoms with van der Waals surface area (Å²) in [7, 11) is 5.81. The first-order valence-corrected chi connectivity index (χ1v) is 7.32. The van der Waals surface area contributed by atoms with Gasteiger partial charge < -0.3 is 14.5 Å². The summed E-state index contributed by atoms with van der Waals surface area (Å²) in [4.78, 5) is 4.69. The van der Waals surface area contributed by atoms with Crippen LogP contribution in [0.15, 0.2) is 18.2 Å². The zero-order chi connectivity index (χ0) is 14.5. The molecule has 0 bridgehead atoms. The Morgan fingerprint density at radius 3 is 2.90 bits per heavy atom. The molecule has 0 aliphatic carbocycles. The number of likely N-dealkylation sites (N-methyl/N-ethyl adjacent to an activating group) is 2. The molecule has 1 heterocycles. The average molecular weight is 280 g/mol. The van der Waals surface area contributed by atoms with E-state index in [-0.39, 0.29) is 5.82 Å². The second-order valence-electron chi connectivity index (χ2n) is 5.76. The van der Waals surface area contributed by atoms with Crippen LogP contribution < -0.4 is 4.74 Å².